The summed E-state index contributed by atoms with van der Waals surface area (Å²) in [4.78, 5) is 16.4. The lowest BCUT2D eigenvalue weighted by Gasteiger charge is -2.23. The summed E-state index contributed by atoms with van der Waals surface area (Å²) in [5, 5.41) is 6.46. The molecule has 24 heavy (non-hydrogen) atoms. The van der Waals surface area contributed by atoms with Gasteiger partial charge in [0.15, 0.2) is 5.65 Å². The van der Waals surface area contributed by atoms with E-state index in [0.717, 1.165) is 0 Å². The number of nitrogens with zero attached hydrogens (tertiary/aromatic N) is 2. The molecule has 2 aromatic heterocycles. The molecule has 0 aliphatic rings. The minimum absolute atomic E-state index is 0.151. The lowest BCUT2D eigenvalue weighted by atomic mass is 9.95. The highest BCUT2D eigenvalue weighted by Crippen LogP contribution is 2.26. The lowest BCUT2D eigenvalue weighted by Crippen LogP contribution is -2.27. The Morgan fingerprint density at radius 3 is 2.83 bits per heavy atom. The zero-order chi connectivity index (χ0) is 17.3. The molecule has 7 heteroatoms. The second-order valence-corrected chi connectivity index (χ2v) is 6.45. The first-order valence-electron chi connectivity index (χ1n) is 7.70. The van der Waals surface area contributed by atoms with Crippen LogP contribution in [0, 0.1) is 11.7 Å². The summed E-state index contributed by atoms with van der Waals surface area (Å²) in [5.74, 6) is -0.194. The van der Waals surface area contributed by atoms with Gasteiger partial charge in [-0.3, -0.25) is 9.89 Å². The molecule has 2 N–H and O–H groups in total. The Kier molecular flexibility index (Phi) is 4.69. The molecule has 0 unspecified atom stereocenters. The molecule has 1 atom stereocenters. The van der Waals surface area contributed by atoms with Gasteiger partial charge in [-0.2, -0.15) is 0 Å². The minimum atomic E-state index is -0.345. The van der Waals surface area contributed by atoms with Crippen molar-refractivity contribution in [2.75, 3.05) is 0 Å². The van der Waals surface area contributed by atoms with Gasteiger partial charge in [-0.1, -0.05) is 31.5 Å². The Balaban J connectivity index is 1.84. The van der Waals surface area contributed by atoms with Crippen molar-refractivity contribution in [2.45, 2.75) is 26.4 Å². The fourth-order valence-corrected chi connectivity index (χ4v) is 2.90. The lowest BCUT2D eigenvalue weighted by molar-refractivity contribution is 0.394. The van der Waals surface area contributed by atoms with Crippen molar-refractivity contribution in [3.63, 3.8) is 0 Å². The van der Waals surface area contributed by atoms with Crippen LogP contribution >= 0.6 is 11.6 Å². The molecule has 3 aromatic rings. The van der Waals surface area contributed by atoms with Crippen LogP contribution in [0.1, 0.15) is 31.1 Å². The number of fused-ring (bicyclic) bond motifs is 1. The first kappa shape index (κ1) is 16.7. The second-order valence-electron chi connectivity index (χ2n) is 6.01. The molecular formula is C17H18ClFN4O. The van der Waals surface area contributed by atoms with Crippen LogP contribution in [-0.4, -0.2) is 14.6 Å². The summed E-state index contributed by atoms with van der Waals surface area (Å²) >= 11 is 5.83. The van der Waals surface area contributed by atoms with Crippen molar-refractivity contribution in [2.24, 2.45) is 5.92 Å². The van der Waals surface area contributed by atoms with Gasteiger partial charge in [-0.15, -0.1) is 0 Å². The molecule has 5 nitrogen and oxygen atoms in total. The summed E-state index contributed by atoms with van der Waals surface area (Å²) in [5.41, 5.74) is 1.53. The van der Waals surface area contributed by atoms with E-state index in [1.54, 1.807) is 24.4 Å². The van der Waals surface area contributed by atoms with E-state index in [1.165, 1.54) is 16.6 Å². The van der Waals surface area contributed by atoms with Gasteiger partial charge in [0.1, 0.15) is 5.82 Å². The Morgan fingerprint density at radius 2 is 2.12 bits per heavy atom. The average molecular weight is 349 g/mol. The first-order valence-corrected chi connectivity index (χ1v) is 8.08. The first-order chi connectivity index (χ1) is 11.5. The third kappa shape index (κ3) is 3.34. The number of hydrogen-bond donors (Lipinski definition) is 2. The van der Waals surface area contributed by atoms with Crippen molar-refractivity contribution in [3.05, 3.63) is 69.0 Å². The van der Waals surface area contributed by atoms with Crippen LogP contribution in [0.5, 0.6) is 0 Å². The Labute approximate surface area is 143 Å². The topological polar surface area (TPSA) is 62.2 Å². The molecule has 0 fully saturated rings. The van der Waals surface area contributed by atoms with Crippen LogP contribution in [-0.2, 0) is 6.54 Å². The fraction of sp³-hybridized carbons (Fsp3) is 0.294. The van der Waals surface area contributed by atoms with E-state index in [1.807, 2.05) is 13.8 Å². The van der Waals surface area contributed by atoms with Crippen LogP contribution in [0.25, 0.3) is 5.65 Å². The monoisotopic (exact) mass is 348 g/mol. The van der Waals surface area contributed by atoms with E-state index < -0.39 is 0 Å². The number of aromatic nitrogens is 3. The van der Waals surface area contributed by atoms with Crippen molar-refractivity contribution in [1.82, 2.24) is 19.9 Å². The van der Waals surface area contributed by atoms with E-state index in [-0.39, 0.29) is 23.3 Å². The van der Waals surface area contributed by atoms with Crippen molar-refractivity contribution in [3.8, 4) is 0 Å². The Morgan fingerprint density at radius 1 is 1.33 bits per heavy atom. The summed E-state index contributed by atoms with van der Waals surface area (Å²) in [7, 11) is 0. The highest BCUT2D eigenvalue weighted by molar-refractivity contribution is 6.30. The number of halogens is 2. The molecule has 0 aliphatic heterocycles. The molecule has 0 aliphatic carbocycles. The van der Waals surface area contributed by atoms with Gasteiger partial charge in [-0.05, 0) is 18.1 Å². The summed E-state index contributed by atoms with van der Waals surface area (Å²) in [6.07, 6.45) is 1.65. The Hall–Kier alpha value is -2.18. The van der Waals surface area contributed by atoms with Gasteiger partial charge >= 0.3 is 0 Å². The van der Waals surface area contributed by atoms with Gasteiger partial charge in [0.25, 0.3) is 5.56 Å². The second kappa shape index (κ2) is 6.75. The van der Waals surface area contributed by atoms with Gasteiger partial charge in [0, 0.05) is 41.5 Å². The maximum Gasteiger partial charge on any atom is 0.272 e. The zero-order valence-corrected chi connectivity index (χ0v) is 14.1. The fourth-order valence-electron chi connectivity index (χ4n) is 2.74. The molecule has 0 saturated carbocycles. The molecule has 0 bridgehead atoms. The van der Waals surface area contributed by atoms with Crippen LogP contribution in [0.3, 0.4) is 0 Å². The van der Waals surface area contributed by atoms with Gasteiger partial charge in [0.05, 0.1) is 5.69 Å². The third-order valence-corrected chi connectivity index (χ3v) is 4.14. The van der Waals surface area contributed by atoms with E-state index in [4.69, 9.17) is 11.6 Å². The highest BCUT2D eigenvalue weighted by atomic mass is 35.5. The van der Waals surface area contributed by atoms with Crippen LogP contribution in [0.4, 0.5) is 4.39 Å². The van der Waals surface area contributed by atoms with E-state index >= 15 is 0 Å². The molecule has 0 saturated heterocycles. The quantitative estimate of drug-likeness (QED) is 0.743. The number of hydrogen-bond acceptors (Lipinski definition) is 3. The summed E-state index contributed by atoms with van der Waals surface area (Å²) in [6, 6.07) is 7.65. The molecule has 2 heterocycles. The summed E-state index contributed by atoms with van der Waals surface area (Å²) < 4.78 is 15.6. The Bertz CT molecular complexity index is 918. The predicted molar refractivity (Wildman–Crippen MR) is 91.6 cm³/mol. The van der Waals surface area contributed by atoms with Gasteiger partial charge in [-0.25, -0.2) is 13.9 Å². The smallest absolute Gasteiger partial charge is 0.272 e. The van der Waals surface area contributed by atoms with E-state index in [9.17, 15) is 9.18 Å². The number of rotatable bonds is 5. The molecule has 0 amide bonds. The van der Waals surface area contributed by atoms with Gasteiger partial charge in [0.2, 0.25) is 0 Å². The molecular weight excluding hydrogens is 331 g/mol. The molecule has 1 aromatic carbocycles. The average Bonchev–Trinajstić information content (AvgIpc) is 2.98. The molecule has 126 valence electrons. The van der Waals surface area contributed by atoms with Crippen LogP contribution in [0.2, 0.25) is 5.02 Å². The zero-order valence-electron chi connectivity index (χ0n) is 13.4. The number of aromatic amines is 1. The predicted octanol–water partition coefficient (Wildman–Crippen LogP) is 3.30. The van der Waals surface area contributed by atoms with Crippen LogP contribution < -0.4 is 10.9 Å². The highest BCUT2D eigenvalue weighted by Gasteiger charge is 2.19. The third-order valence-electron chi connectivity index (χ3n) is 3.90. The maximum absolute atomic E-state index is 14.2. The van der Waals surface area contributed by atoms with E-state index in [2.05, 4.69) is 15.4 Å². The number of nitrogens with one attached hydrogen (secondary N) is 2. The SMILES string of the molecule is CC(C)[C@H](NCc1cc(=O)n2[nH]ccc2n1)c1ccc(Cl)cc1F. The van der Waals surface area contributed by atoms with Gasteiger partial charge < -0.3 is 5.32 Å². The van der Waals surface area contributed by atoms with Crippen molar-refractivity contribution < 1.29 is 4.39 Å². The van der Waals surface area contributed by atoms with Crippen LogP contribution in [0.15, 0.2) is 41.3 Å². The van der Waals surface area contributed by atoms with E-state index in [0.29, 0.717) is 28.5 Å². The molecule has 3 rings (SSSR count). The van der Waals surface area contributed by atoms with Crippen molar-refractivity contribution >= 4 is 17.2 Å². The standard InChI is InChI=1S/C17H18ClFN4O/c1-10(2)17(13-4-3-11(18)7-14(13)19)20-9-12-8-16(24)23-15(22-12)5-6-21-23/h3-8,10,17,20-21H,9H2,1-2H3/t17-/m0/s1. The number of benzene rings is 1. The minimum Gasteiger partial charge on any atom is -0.304 e. The maximum atomic E-state index is 14.2. The normalized spacial score (nSPS) is 12.9. The molecule has 0 radical (unpaired) electrons. The summed E-state index contributed by atoms with van der Waals surface area (Å²) in [6.45, 7) is 4.37. The molecule has 0 spiro atoms. The largest absolute Gasteiger partial charge is 0.304 e. The number of H-pyrrole nitrogens is 1. The van der Waals surface area contributed by atoms with Crippen molar-refractivity contribution in [1.29, 1.82) is 0 Å².